The first-order valence-electron chi connectivity index (χ1n) is 5.48. The van der Waals surface area contributed by atoms with Crippen molar-refractivity contribution in [3.8, 4) is 0 Å². The molecule has 0 fully saturated rings. The van der Waals surface area contributed by atoms with E-state index < -0.39 is 11.6 Å². The molecule has 2 aromatic rings. The minimum atomic E-state index is -0.981. The number of nitrogen functional groups attached to an aromatic ring is 1. The summed E-state index contributed by atoms with van der Waals surface area (Å²) in [5.74, 6) is -1.95. The molecule has 0 radical (unpaired) electrons. The van der Waals surface area contributed by atoms with Gasteiger partial charge in [-0.05, 0) is 17.7 Å². The molecule has 5 nitrogen and oxygen atoms in total. The Morgan fingerprint density at radius 3 is 2.74 bits per heavy atom. The van der Waals surface area contributed by atoms with Gasteiger partial charge in [-0.25, -0.2) is 8.78 Å². The number of benzene rings is 1. The smallest absolute Gasteiger partial charge is 0.229 e. The first kappa shape index (κ1) is 13.0. The number of nitrogens with two attached hydrogens (primary N) is 1. The summed E-state index contributed by atoms with van der Waals surface area (Å²) in [6, 6.07) is 3.32. The van der Waals surface area contributed by atoms with Crippen molar-refractivity contribution in [3.63, 3.8) is 0 Å². The summed E-state index contributed by atoms with van der Waals surface area (Å²) >= 11 is 0. The van der Waals surface area contributed by atoms with Crippen LogP contribution in [-0.2, 0) is 18.3 Å². The molecule has 19 heavy (non-hydrogen) atoms. The Kier molecular flexibility index (Phi) is 3.46. The van der Waals surface area contributed by atoms with Crippen LogP contribution in [0.25, 0.3) is 0 Å². The van der Waals surface area contributed by atoms with Crippen molar-refractivity contribution in [2.45, 2.75) is 6.42 Å². The van der Waals surface area contributed by atoms with E-state index in [0.717, 1.165) is 12.1 Å². The van der Waals surface area contributed by atoms with Gasteiger partial charge in [-0.3, -0.25) is 9.48 Å². The van der Waals surface area contributed by atoms with Gasteiger partial charge in [0.25, 0.3) is 0 Å². The Morgan fingerprint density at radius 2 is 2.16 bits per heavy atom. The summed E-state index contributed by atoms with van der Waals surface area (Å²) in [6.45, 7) is 0. The van der Waals surface area contributed by atoms with Gasteiger partial charge in [-0.15, -0.1) is 0 Å². The summed E-state index contributed by atoms with van der Waals surface area (Å²) < 4.78 is 27.2. The highest BCUT2D eigenvalue weighted by Gasteiger charge is 2.11. The third-order valence-electron chi connectivity index (χ3n) is 2.57. The lowest BCUT2D eigenvalue weighted by atomic mass is 10.1. The molecule has 0 atom stereocenters. The zero-order valence-electron chi connectivity index (χ0n) is 10.2. The highest BCUT2D eigenvalue weighted by atomic mass is 19.2. The largest absolute Gasteiger partial charge is 0.394 e. The number of amides is 1. The van der Waals surface area contributed by atoms with Gasteiger partial charge in [0.2, 0.25) is 5.91 Å². The van der Waals surface area contributed by atoms with Gasteiger partial charge >= 0.3 is 0 Å². The zero-order chi connectivity index (χ0) is 14.0. The number of nitrogens with one attached hydrogen (secondary N) is 1. The van der Waals surface area contributed by atoms with Crippen LogP contribution < -0.4 is 11.1 Å². The second-order valence-corrected chi connectivity index (χ2v) is 4.05. The van der Waals surface area contributed by atoms with Gasteiger partial charge in [0.15, 0.2) is 17.5 Å². The van der Waals surface area contributed by atoms with Crippen LogP contribution in [0.3, 0.4) is 0 Å². The number of aromatic nitrogens is 2. The normalized spacial score (nSPS) is 10.5. The fourth-order valence-electron chi connectivity index (χ4n) is 1.62. The molecular weight excluding hydrogens is 254 g/mol. The van der Waals surface area contributed by atoms with E-state index in [0.29, 0.717) is 17.1 Å². The van der Waals surface area contributed by atoms with Crippen LogP contribution in [0.5, 0.6) is 0 Å². The summed E-state index contributed by atoms with van der Waals surface area (Å²) in [6.07, 6.45) is 1.33. The molecule has 100 valence electrons. The first-order valence-corrected chi connectivity index (χ1v) is 5.48. The van der Waals surface area contributed by atoms with Crippen LogP contribution in [0.2, 0.25) is 0 Å². The number of halogens is 2. The molecule has 0 aliphatic rings. The number of anilines is 2. The maximum atomic E-state index is 13.0. The molecule has 1 aromatic carbocycles. The second kappa shape index (κ2) is 5.05. The maximum Gasteiger partial charge on any atom is 0.229 e. The average molecular weight is 266 g/mol. The first-order chi connectivity index (χ1) is 8.97. The molecule has 1 aromatic heterocycles. The molecule has 0 spiro atoms. The van der Waals surface area contributed by atoms with E-state index >= 15 is 0 Å². The maximum absolute atomic E-state index is 13.0. The highest BCUT2D eigenvalue weighted by Crippen LogP contribution is 2.16. The number of nitrogens with zero attached hydrogens (tertiary/aromatic N) is 2. The molecule has 1 heterocycles. The molecule has 3 N–H and O–H groups in total. The van der Waals surface area contributed by atoms with Gasteiger partial charge in [-0.2, -0.15) is 5.10 Å². The van der Waals surface area contributed by atoms with Crippen molar-refractivity contribution in [2.24, 2.45) is 7.05 Å². The van der Waals surface area contributed by atoms with E-state index in [1.54, 1.807) is 7.05 Å². The van der Waals surface area contributed by atoms with Crippen molar-refractivity contribution in [2.75, 3.05) is 11.1 Å². The van der Waals surface area contributed by atoms with E-state index in [-0.39, 0.29) is 12.3 Å². The Bertz CT molecular complexity index is 605. The molecule has 0 saturated heterocycles. The van der Waals surface area contributed by atoms with E-state index in [9.17, 15) is 13.6 Å². The Labute approximate surface area is 108 Å². The van der Waals surface area contributed by atoms with Crippen molar-refractivity contribution in [1.82, 2.24) is 9.78 Å². The predicted octanol–water partition coefficient (Wildman–Crippen LogP) is 1.46. The van der Waals surface area contributed by atoms with Crippen molar-refractivity contribution >= 4 is 17.4 Å². The van der Waals surface area contributed by atoms with Crippen LogP contribution in [0.1, 0.15) is 5.56 Å². The van der Waals surface area contributed by atoms with Gasteiger partial charge in [0, 0.05) is 7.05 Å². The third kappa shape index (κ3) is 2.87. The third-order valence-corrected chi connectivity index (χ3v) is 2.57. The lowest BCUT2D eigenvalue weighted by molar-refractivity contribution is -0.115. The molecule has 1 amide bonds. The van der Waals surface area contributed by atoms with Gasteiger partial charge in [0.1, 0.15) is 0 Å². The summed E-state index contributed by atoms with van der Waals surface area (Å²) in [5.41, 5.74) is 6.33. The van der Waals surface area contributed by atoms with E-state index in [1.165, 1.54) is 16.9 Å². The Balaban J connectivity index is 2.07. The fraction of sp³-hybridized carbons (Fsp3) is 0.167. The molecule has 0 aliphatic heterocycles. The van der Waals surface area contributed by atoms with E-state index in [2.05, 4.69) is 10.4 Å². The van der Waals surface area contributed by atoms with Gasteiger partial charge in [-0.1, -0.05) is 6.07 Å². The molecule has 2 rings (SSSR count). The average Bonchev–Trinajstić information content (AvgIpc) is 2.66. The van der Waals surface area contributed by atoms with Crippen molar-refractivity contribution in [3.05, 3.63) is 41.6 Å². The van der Waals surface area contributed by atoms with Gasteiger partial charge in [0.05, 0.1) is 18.3 Å². The van der Waals surface area contributed by atoms with E-state index in [1.807, 2.05) is 0 Å². The fourth-order valence-corrected chi connectivity index (χ4v) is 1.62. The Morgan fingerprint density at radius 1 is 1.42 bits per heavy atom. The van der Waals surface area contributed by atoms with Crippen LogP contribution in [-0.4, -0.2) is 15.7 Å². The number of carbonyl (C=O) groups excluding carboxylic acids is 1. The number of rotatable bonds is 3. The molecular formula is C12H12F2N4O. The Hall–Kier alpha value is -2.44. The van der Waals surface area contributed by atoms with Gasteiger partial charge < -0.3 is 11.1 Å². The van der Waals surface area contributed by atoms with Crippen LogP contribution >= 0.6 is 0 Å². The zero-order valence-corrected chi connectivity index (χ0v) is 10.2. The van der Waals surface area contributed by atoms with E-state index in [4.69, 9.17) is 5.73 Å². The minimum absolute atomic E-state index is 0.0815. The summed E-state index contributed by atoms with van der Waals surface area (Å²) in [7, 11) is 1.63. The number of hydrogen-bond donors (Lipinski definition) is 2. The highest BCUT2D eigenvalue weighted by molar-refractivity contribution is 5.93. The number of carbonyl (C=O) groups is 1. The summed E-state index contributed by atoms with van der Waals surface area (Å²) in [5, 5.41) is 6.43. The lowest BCUT2D eigenvalue weighted by Gasteiger charge is -2.06. The molecule has 0 saturated carbocycles. The topological polar surface area (TPSA) is 72.9 Å². The lowest BCUT2D eigenvalue weighted by Crippen LogP contribution is -2.17. The second-order valence-electron chi connectivity index (χ2n) is 4.05. The minimum Gasteiger partial charge on any atom is -0.394 e. The van der Waals surface area contributed by atoms with Crippen LogP contribution in [0.15, 0.2) is 24.4 Å². The standard InChI is InChI=1S/C12H12F2N4O/c1-18-12(10(15)6-16-18)17-11(19)5-7-2-3-8(13)9(14)4-7/h2-4,6H,5,15H2,1H3,(H,17,19). The van der Waals surface area contributed by atoms with Crippen molar-refractivity contribution in [1.29, 1.82) is 0 Å². The molecule has 0 aliphatic carbocycles. The molecule has 7 heteroatoms. The van der Waals surface area contributed by atoms with Crippen molar-refractivity contribution < 1.29 is 13.6 Å². The SMILES string of the molecule is Cn1ncc(N)c1NC(=O)Cc1ccc(F)c(F)c1. The quantitative estimate of drug-likeness (QED) is 0.883. The molecule has 0 unspecified atom stereocenters. The number of aryl methyl sites for hydroxylation is 1. The summed E-state index contributed by atoms with van der Waals surface area (Å²) in [4.78, 5) is 11.8. The van der Waals surface area contributed by atoms with Crippen LogP contribution in [0.4, 0.5) is 20.3 Å². The predicted molar refractivity (Wildman–Crippen MR) is 66.3 cm³/mol. The number of hydrogen-bond acceptors (Lipinski definition) is 3. The molecule has 0 bridgehead atoms. The monoisotopic (exact) mass is 266 g/mol. The van der Waals surface area contributed by atoms with Crippen LogP contribution in [0, 0.1) is 11.6 Å².